The zero-order valence-electron chi connectivity index (χ0n) is 14.8. The van der Waals surface area contributed by atoms with Crippen LogP contribution in [0.3, 0.4) is 0 Å². The fraction of sp³-hybridized carbons (Fsp3) is 0.312. The van der Waals surface area contributed by atoms with E-state index in [0.29, 0.717) is 24.7 Å². The third kappa shape index (κ3) is 3.63. The largest absolute Gasteiger partial charge is 0.304 e. The van der Waals surface area contributed by atoms with Crippen molar-refractivity contribution in [1.82, 2.24) is 29.3 Å². The second kappa shape index (κ2) is 7.21. The highest BCUT2D eigenvalue weighted by molar-refractivity contribution is 6.06. The Morgan fingerprint density at radius 3 is 1.96 bits per heavy atom. The van der Waals surface area contributed by atoms with Crippen LogP contribution in [-0.4, -0.2) is 41.2 Å². The van der Waals surface area contributed by atoms with Crippen LogP contribution in [0.4, 0.5) is 11.6 Å². The minimum absolute atomic E-state index is 0.128. The lowest BCUT2D eigenvalue weighted by Crippen LogP contribution is -2.16. The minimum Gasteiger partial charge on any atom is -0.304 e. The number of amides is 2. The van der Waals surface area contributed by atoms with E-state index in [-0.39, 0.29) is 11.4 Å². The molecular weight excluding hydrogens is 336 g/mol. The van der Waals surface area contributed by atoms with Crippen LogP contribution in [0.1, 0.15) is 34.8 Å². The van der Waals surface area contributed by atoms with Gasteiger partial charge in [-0.25, -0.2) is 0 Å². The molecule has 0 radical (unpaired) electrons. The predicted molar refractivity (Wildman–Crippen MR) is 94.9 cm³/mol. The van der Waals surface area contributed by atoms with Crippen LogP contribution in [0, 0.1) is 0 Å². The summed E-state index contributed by atoms with van der Waals surface area (Å²) in [5.74, 6) is 0.0414. The Labute approximate surface area is 149 Å². The molecule has 0 aliphatic rings. The number of nitrogens with zero attached hydrogens (tertiary/aromatic N) is 6. The summed E-state index contributed by atoms with van der Waals surface area (Å²) in [5.41, 5.74) is 0.378. The van der Waals surface area contributed by atoms with Gasteiger partial charge in [0.15, 0.2) is 17.3 Å². The van der Waals surface area contributed by atoms with Crippen molar-refractivity contribution in [1.29, 1.82) is 0 Å². The third-order valence-electron chi connectivity index (χ3n) is 3.76. The Kier molecular flexibility index (Phi) is 4.83. The van der Waals surface area contributed by atoms with Crippen LogP contribution >= 0.6 is 0 Å². The predicted octanol–water partition coefficient (Wildman–Crippen LogP) is 1.36. The van der Waals surface area contributed by atoms with Gasteiger partial charge in [-0.1, -0.05) is 0 Å². The van der Waals surface area contributed by atoms with Crippen molar-refractivity contribution in [2.45, 2.75) is 26.9 Å². The molecule has 0 aliphatic carbocycles. The summed E-state index contributed by atoms with van der Waals surface area (Å²) in [6, 6.07) is 4.83. The number of aryl methyl sites for hydroxylation is 3. The van der Waals surface area contributed by atoms with Crippen molar-refractivity contribution in [2.75, 3.05) is 10.6 Å². The van der Waals surface area contributed by atoms with Crippen LogP contribution < -0.4 is 10.6 Å². The molecule has 0 atom stereocenters. The molecule has 26 heavy (non-hydrogen) atoms. The first-order chi connectivity index (χ1) is 12.5. The maximum absolute atomic E-state index is 12.4. The summed E-state index contributed by atoms with van der Waals surface area (Å²) >= 11 is 0. The molecule has 3 rings (SSSR count). The summed E-state index contributed by atoms with van der Waals surface area (Å²) in [6.07, 6.45) is 3.54. The van der Waals surface area contributed by atoms with Gasteiger partial charge in [-0.15, -0.1) is 0 Å². The zero-order valence-corrected chi connectivity index (χ0v) is 14.8. The number of aromatic nitrogens is 6. The summed E-state index contributed by atoms with van der Waals surface area (Å²) < 4.78 is 4.75. The SMILES string of the molecule is CCn1ccc(NC(=O)c2cc(C(=O)Nc3ccn(CC)n3)n(C)n2)n1. The highest BCUT2D eigenvalue weighted by Gasteiger charge is 2.19. The topological polar surface area (TPSA) is 112 Å². The van der Waals surface area contributed by atoms with E-state index in [2.05, 4.69) is 25.9 Å². The number of anilines is 2. The second-order valence-electron chi connectivity index (χ2n) is 5.56. The second-order valence-corrected chi connectivity index (χ2v) is 5.56. The van der Waals surface area contributed by atoms with Gasteiger partial charge in [0.2, 0.25) is 0 Å². The quantitative estimate of drug-likeness (QED) is 0.692. The lowest BCUT2D eigenvalue weighted by atomic mass is 10.3. The average Bonchev–Trinajstić information content (AvgIpc) is 3.34. The summed E-state index contributed by atoms with van der Waals surface area (Å²) in [4.78, 5) is 24.7. The van der Waals surface area contributed by atoms with Crippen molar-refractivity contribution in [3.63, 3.8) is 0 Å². The maximum Gasteiger partial charge on any atom is 0.277 e. The number of nitrogens with one attached hydrogen (secondary N) is 2. The molecule has 10 nitrogen and oxygen atoms in total. The Morgan fingerprint density at radius 1 is 0.923 bits per heavy atom. The first-order valence-corrected chi connectivity index (χ1v) is 8.23. The Balaban J connectivity index is 1.71. The van der Waals surface area contributed by atoms with E-state index < -0.39 is 11.8 Å². The van der Waals surface area contributed by atoms with E-state index in [4.69, 9.17) is 0 Å². The first kappa shape index (κ1) is 17.4. The number of carbonyl (C=O) groups excluding carboxylic acids is 2. The van der Waals surface area contributed by atoms with Crippen LogP contribution in [-0.2, 0) is 20.1 Å². The smallest absolute Gasteiger partial charge is 0.277 e. The highest BCUT2D eigenvalue weighted by atomic mass is 16.2. The van der Waals surface area contributed by atoms with Gasteiger partial charge in [0.05, 0.1) is 0 Å². The minimum atomic E-state index is -0.434. The van der Waals surface area contributed by atoms with Gasteiger partial charge in [-0.3, -0.25) is 23.6 Å². The van der Waals surface area contributed by atoms with E-state index in [1.165, 1.54) is 10.7 Å². The van der Waals surface area contributed by atoms with Gasteiger partial charge in [0.25, 0.3) is 11.8 Å². The molecule has 2 amide bonds. The molecule has 0 aromatic carbocycles. The van der Waals surface area contributed by atoms with Crippen molar-refractivity contribution in [3.05, 3.63) is 42.0 Å². The van der Waals surface area contributed by atoms with Crippen molar-refractivity contribution >= 4 is 23.5 Å². The number of carbonyl (C=O) groups is 2. The van der Waals surface area contributed by atoms with Crippen LogP contribution in [0.15, 0.2) is 30.6 Å². The van der Waals surface area contributed by atoms with E-state index in [1.807, 2.05) is 13.8 Å². The third-order valence-corrected chi connectivity index (χ3v) is 3.76. The number of hydrogen-bond donors (Lipinski definition) is 2. The van der Waals surface area contributed by atoms with Gasteiger partial charge < -0.3 is 10.6 Å². The molecule has 0 aliphatic heterocycles. The summed E-state index contributed by atoms with van der Waals surface area (Å²) in [6.45, 7) is 5.32. The molecule has 2 N–H and O–H groups in total. The molecule has 3 heterocycles. The molecule has 0 saturated heterocycles. The fourth-order valence-electron chi connectivity index (χ4n) is 2.36. The number of rotatable bonds is 6. The molecule has 0 fully saturated rings. The van der Waals surface area contributed by atoms with Gasteiger partial charge in [0, 0.05) is 50.7 Å². The number of hydrogen-bond acceptors (Lipinski definition) is 5. The van der Waals surface area contributed by atoms with Crippen molar-refractivity contribution in [2.24, 2.45) is 7.05 Å². The van der Waals surface area contributed by atoms with Crippen LogP contribution in [0.2, 0.25) is 0 Å². The van der Waals surface area contributed by atoms with Crippen molar-refractivity contribution < 1.29 is 9.59 Å². The zero-order chi connectivity index (χ0) is 18.7. The normalized spacial score (nSPS) is 10.7. The maximum atomic E-state index is 12.4. The van der Waals surface area contributed by atoms with Gasteiger partial charge in [-0.05, 0) is 13.8 Å². The van der Waals surface area contributed by atoms with Crippen LogP contribution in [0.25, 0.3) is 0 Å². The Bertz CT molecular complexity index is 936. The summed E-state index contributed by atoms with van der Waals surface area (Å²) in [7, 11) is 1.60. The lowest BCUT2D eigenvalue weighted by molar-refractivity contribution is 0.101. The molecule has 3 aromatic heterocycles. The lowest BCUT2D eigenvalue weighted by Gasteiger charge is -2.01. The van der Waals surface area contributed by atoms with E-state index in [1.54, 1.807) is 40.9 Å². The monoisotopic (exact) mass is 356 g/mol. The standard InChI is InChI=1S/C16H20N8O2/c1-4-23-8-6-13(20-23)17-15(25)11-10-12(22(3)19-11)16(26)18-14-7-9-24(5-2)21-14/h6-10H,4-5H2,1-3H3,(H,17,20,25)(H,18,21,26). The molecule has 10 heteroatoms. The average molecular weight is 356 g/mol. The Morgan fingerprint density at radius 2 is 1.46 bits per heavy atom. The molecule has 0 spiro atoms. The highest BCUT2D eigenvalue weighted by Crippen LogP contribution is 2.10. The van der Waals surface area contributed by atoms with Crippen molar-refractivity contribution in [3.8, 4) is 0 Å². The molecule has 0 saturated carbocycles. The molecule has 3 aromatic rings. The van der Waals surface area contributed by atoms with Gasteiger partial charge >= 0.3 is 0 Å². The van der Waals surface area contributed by atoms with Gasteiger partial charge in [0.1, 0.15) is 5.69 Å². The van der Waals surface area contributed by atoms with Crippen LogP contribution in [0.5, 0.6) is 0 Å². The fourth-order valence-corrected chi connectivity index (χ4v) is 2.36. The molecule has 136 valence electrons. The molecule has 0 unspecified atom stereocenters. The first-order valence-electron chi connectivity index (χ1n) is 8.23. The molecule has 0 bridgehead atoms. The van der Waals surface area contributed by atoms with Gasteiger partial charge in [-0.2, -0.15) is 15.3 Å². The Hall–Kier alpha value is -3.43. The van der Waals surface area contributed by atoms with E-state index in [9.17, 15) is 9.59 Å². The van der Waals surface area contributed by atoms with E-state index in [0.717, 1.165) is 0 Å². The summed E-state index contributed by atoms with van der Waals surface area (Å²) in [5, 5.41) is 17.8. The van der Waals surface area contributed by atoms with E-state index >= 15 is 0 Å². The molecular formula is C16H20N8O2.